The van der Waals surface area contributed by atoms with Crippen molar-refractivity contribution in [2.24, 2.45) is 0 Å². The van der Waals surface area contributed by atoms with E-state index in [1.165, 1.54) is 5.56 Å². The largest absolute Gasteiger partial charge is 0.349 e. The summed E-state index contributed by atoms with van der Waals surface area (Å²) < 4.78 is 0. The Morgan fingerprint density at radius 2 is 1.83 bits per heavy atom. The molecule has 1 atom stereocenters. The molecular weight excluding hydrogens is 288 g/mol. The second-order valence-electron chi connectivity index (χ2n) is 6.71. The van der Waals surface area contributed by atoms with Gasteiger partial charge in [0.15, 0.2) is 0 Å². The minimum Gasteiger partial charge on any atom is -0.349 e. The zero-order chi connectivity index (χ0) is 17.0. The molecule has 0 bridgehead atoms. The highest BCUT2D eigenvalue weighted by Gasteiger charge is 2.24. The van der Waals surface area contributed by atoms with Crippen LogP contribution in [0.4, 0.5) is 0 Å². The molecule has 0 fully saturated rings. The predicted molar refractivity (Wildman–Crippen MR) is 92.8 cm³/mol. The number of aryl methyl sites for hydroxylation is 1. The Kier molecular flexibility index (Phi) is 5.04. The first-order valence-corrected chi connectivity index (χ1v) is 7.86. The number of aromatic amines is 1. The quantitative estimate of drug-likeness (QED) is 0.891. The van der Waals surface area contributed by atoms with Gasteiger partial charge < -0.3 is 10.3 Å². The molecule has 0 saturated carbocycles. The van der Waals surface area contributed by atoms with E-state index in [4.69, 9.17) is 0 Å². The Balaban J connectivity index is 2.05. The Labute approximate surface area is 137 Å². The maximum atomic E-state index is 12.3. The van der Waals surface area contributed by atoms with Crippen molar-refractivity contribution in [3.05, 3.63) is 69.6 Å². The van der Waals surface area contributed by atoms with Gasteiger partial charge in [-0.25, -0.2) is 0 Å². The van der Waals surface area contributed by atoms with Gasteiger partial charge in [0.25, 0.3) is 11.5 Å². The van der Waals surface area contributed by atoms with Crippen LogP contribution >= 0.6 is 0 Å². The van der Waals surface area contributed by atoms with Crippen molar-refractivity contribution in [1.29, 1.82) is 0 Å². The summed E-state index contributed by atoms with van der Waals surface area (Å²) in [5.41, 5.74) is 1.71. The van der Waals surface area contributed by atoms with Crippen LogP contribution in [0.15, 0.2) is 47.3 Å². The molecule has 0 spiro atoms. The van der Waals surface area contributed by atoms with Crippen LogP contribution < -0.4 is 10.9 Å². The lowest BCUT2D eigenvalue weighted by molar-refractivity contribution is 0.0933. The summed E-state index contributed by atoms with van der Waals surface area (Å²) in [6, 6.07) is 13.5. The van der Waals surface area contributed by atoms with Gasteiger partial charge in [-0.05, 0) is 43.4 Å². The highest BCUT2D eigenvalue weighted by Crippen LogP contribution is 2.28. The molecule has 0 radical (unpaired) electrons. The van der Waals surface area contributed by atoms with Crippen molar-refractivity contribution in [2.75, 3.05) is 0 Å². The highest BCUT2D eigenvalue weighted by atomic mass is 16.2. The number of benzene rings is 1. The van der Waals surface area contributed by atoms with E-state index >= 15 is 0 Å². The Bertz CT molecular complexity index is 733. The maximum Gasteiger partial charge on any atom is 0.260 e. The molecule has 4 nitrogen and oxygen atoms in total. The molecule has 23 heavy (non-hydrogen) atoms. The minimum atomic E-state index is -0.350. The highest BCUT2D eigenvalue weighted by molar-refractivity contribution is 5.93. The van der Waals surface area contributed by atoms with E-state index in [2.05, 4.69) is 36.3 Å². The average molecular weight is 312 g/mol. The molecule has 0 saturated heterocycles. The number of H-pyrrole nitrogens is 1. The fraction of sp³-hybridized carbons (Fsp3) is 0.368. The summed E-state index contributed by atoms with van der Waals surface area (Å²) in [7, 11) is 0. The molecular formula is C19H24N2O2. The average Bonchev–Trinajstić information content (AvgIpc) is 2.47. The third-order valence-electron chi connectivity index (χ3n) is 4.05. The van der Waals surface area contributed by atoms with Crippen molar-refractivity contribution in [3.63, 3.8) is 0 Å². The summed E-state index contributed by atoms with van der Waals surface area (Å²) in [6.45, 7) is 8.06. The third kappa shape index (κ3) is 4.31. The van der Waals surface area contributed by atoms with E-state index in [9.17, 15) is 9.59 Å². The third-order valence-corrected chi connectivity index (χ3v) is 4.05. The minimum absolute atomic E-state index is 0.0431. The SMILES string of the molecule is Cc1ccc(C(=O)N[C@@H](C)CC(C)(C)c2ccccc2)c(=O)[nH]1. The predicted octanol–water partition coefficient (Wildman–Crippen LogP) is 3.17. The van der Waals surface area contributed by atoms with Gasteiger partial charge in [-0.15, -0.1) is 0 Å². The number of aromatic nitrogens is 1. The van der Waals surface area contributed by atoms with Crippen LogP contribution in [0.1, 0.15) is 48.8 Å². The van der Waals surface area contributed by atoms with Crippen molar-refractivity contribution >= 4 is 5.91 Å². The molecule has 1 heterocycles. The maximum absolute atomic E-state index is 12.3. The topological polar surface area (TPSA) is 62.0 Å². The standard InChI is InChI=1S/C19H24N2O2/c1-13-10-11-16(17(22)20-13)18(23)21-14(2)12-19(3,4)15-8-6-5-7-9-15/h5-11,14H,12H2,1-4H3,(H,20,22)(H,21,23)/t14-/m0/s1. The number of pyridine rings is 1. The van der Waals surface area contributed by atoms with E-state index < -0.39 is 0 Å². The molecule has 0 aliphatic carbocycles. The van der Waals surface area contributed by atoms with E-state index in [0.717, 1.165) is 12.1 Å². The first-order valence-electron chi connectivity index (χ1n) is 7.86. The van der Waals surface area contributed by atoms with Crippen LogP contribution in [0.25, 0.3) is 0 Å². The Morgan fingerprint density at radius 3 is 2.43 bits per heavy atom. The molecule has 0 unspecified atom stereocenters. The lowest BCUT2D eigenvalue weighted by Gasteiger charge is -2.29. The van der Waals surface area contributed by atoms with Gasteiger partial charge in [-0.2, -0.15) is 0 Å². The summed E-state index contributed by atoms with van der Waals surface area (Å²) in [5.74, 6) is -0.331. The molecule has 1 amide bonds. The second-order valence-corrected chi connectivity index (χ2v) is 6.71. The molecule has 2 rings (SSSR count). The lowest BCUT2D eigenvalue weighted by Crippen LogP contribution is -2.39. The number of rotatable bonds is 5. The molecule has 0 aliphatic rings. The summed E-state index contributed by atoms with van der Waals surface area (Å²) >= 11 is 0. The van der Waals surface area contributed by atoms with Crippen LogP contribution in [0.2, 0.25) is 0 Å². The van der Waals surface area contributed by atoms with Crippen LogP contribution in [-0.4, -0.2) is 16.9 Å². The van der Waals surface area contributed by atoms with Crippen molar-refractivity contribution in [1.82, 2.24) is 10.3 Å². The smallest absolute Gasteiger partial charge is 0.260 e. The summed E-state index contributed by atoms with van der Waals surface area (Å²) in [4.78, 5) is 26.8. The van der Waals surface area contributed by atoms with Gasteiger partial charge in [0, 0.05) is 11.7 Å². The van der Waals surface area contributed by atoms with Crippen molar-refractivity contribution in [3.8, 4) is 0 Å². The van der Waals surface area contributed by atoms with Crippen LogP contribution in [0.5, 0.6) is 0 Å². The number of carbonyl (C=O) groups excluding carboxylic acids is 1. The van der Waals surface area contributed by atoms with Crippen molar-refractivity contribution in [2.45, 2.75) is 45.6 Å². The summed E-state index contributed by atoms with van der Waals surface area (Å²) in [6.07, 6.45) is 0.784. The second kappa shape index (κ2) is 6.82. The van der Waals surface area contributed by atoms with Gasteiger partial charge in [0.2, 0.25) is 0 Å². The zero-order valence-electron chi connectivity index (χ0n) is 14.1. The fourth-order valence-corrected chi connectivity index (χ4v) is 2.88. The Hall–Kier alpha value is -2.36. The van der Waals surface area contributed by atoms with Gasteiger partial charge in [0.05, 0.1) is 0 Å². The fourth-order valence-electron chi connectivity index (χ4n) is 2.88. The number of amides is 1. The molecule has 0 aliphatic heterocycles. The normalized spacial score (nSPS) is 12.7. The van der Waals surface area contributed by atoms with Crippen LogP contribution in [-0.2, 0) is 5.41 Å². The summed E-state index contributed by atoms with van der Waals surface area (Å²) in [5, 5.41) is 2.92. The molecule has 122 valence electrons. The zero-order valence-corrected chi connectivity index (χ0v) is 14.1. The molecule has 2 N–H and O–H groups in total. The number of carbonyl (C=O) groups is 1. The van der Waals surface area contributed by atoms with E-state index in [-0.39, 0.29) is 28.5 Å². The van der Waals surface area contributed by atoms with E-state index in [1.807, 2.05) is 25.1 Å². The first-order chi connectivity index (χ1) is 10.8. The lowest BCUT2D eigenvalue weighted by atomic mass is 9.79. The van der Waals surface area contributed by atoms with Crippen LogP contribution in [0, 0.1) is 6.92 Å². The first kappa shape index (κ1) is 17.0. The van der Waals surface area contributed by atoms with Gasteiger partial charge in [0.1, 0.15) is 5.56 Å². The number of hydrogen-bond donors (Lipinski definition) is 2. The number of hydrogen-bond acceptors (Lipinski definition) is 2. The Morgan fingerprint density at radius 1 is 1.17 bits per heavy atom. The molecule has 1 aromatic carbocycles. The van der Waals surface area contributed by atoms with Crippen molar-refractivity contribution < 1.29 is 4.79 Å². The van der Waals surface area contributed by atoms with E-state index in [1.54, 1.807) is 19.1 Å². The molecule has 4 heteroatoms. The monoisotopic (exact) mass is 312 g/mol. The van der Waals surface area contributed by atoms with Crippen LogP contribution in [0.3, 0.4) is 0 Å². The molecule has 2 aromatic rings. The van der Waals surface area contributed by atoms with Gasteiger partial charge in [-0.1, -0.05) is 44.2 Å². The van der Waals surface area contributed by atoms with Gasteiger partial charge >= 0.3 is 0 Å². The number of nitrogens with one attached hydrogen (secondary N) is 2. The van der Waals surface area contributed by atoms with Gasteiger partial charge in [-0.3, -0.25) is 9.59 Å². The van der Waals surface area contributed by atoms with E-state index in [0.29, 0.717) is 0 Å². The molecule has 1 aromatic heterocycles.